The monoisotopic (exact) mass is 273 g/mol. The summed E-state index contributed by atoms with van der Waals surface area (Å²) in [6.07, 6.45) is 0. The molecule has 0 fully saturated rings. The molecule has 0 radical (unpaired) electrons. The fourth-order valence-corrected chi connectivity index (χ4v) is 2.89. The molecule has 0 aliphatic carbocycles. The Bertz CT molecular complexity index is 421. The highest BCUT2D eigenvalue weighted by Gasteiger charge is 2.14. The molecule has 0 bridgehead atoms. The lowest BCUT2D eigenvalue weighted by atomic mass is 10.2. The summed E-state index contributed by atoms with van der Waals surface area (Å²) in [7, 11) is 0. The van der Waals surface area contributed by atoms with Crippen LogP contribution in [0.3, 0.4) is 0 Å². The molecule has 0 atom stereocenters. The van der Waals surface area contributed by atoms with E-state index < -0.39 is 0 Å². The third kappa shape index (κ3) is 1.72. The highest BCUT2D eigenvalue weighted by molar-refractivity contribution is 9.10. The van der Waals surface area contributed by atoms with Gasteiger partial charge in [-0.15, -0.1) is 11.3 Å². The summed E-state index contributed by atoms with van der Waals surface area (Å²) in [6.45, 7) is 0. The lowest BCUT2D eigenvalue weighted by Gasteiger charge is -1.92. The zero-order valence-corrected chi connectivity index (χ0v) is 9.58. The summed E-state index contributed by atoms with van der Waals surface area (Å²) in [5, 5.41) is 5.47. The number of halogens is 1. The molecule has 2 rings (SSSR count). The van der Waals surface area contributed by atoms with E-state index in [1.54, 1.807) is 10.9 Å². The van der Waals surface area contributed by atoms with Crippen molar-refractivity contribution in [1.82, 2.24) is 4.98 Å². The zero-order valence-electron chi connectivity index (χ0n) is 6.36. The Kier molecular flexibility index (Phi) is 2.57. The smallest absolute Gasteiger partial charge is 0.214 e. The molecule has 13 heavy (non-hydrogen) atoms. The van der Waals surface area contributed by atoms with E-state index in [-0.39, 0.29) is 5.78 Å². The molecule has 0 amide bonds. The number of aromatic nitrogens is 1. The van der Waals surface area contributed by atoms with Crippen LogP contribution in [0.15, 0.2) is 26.1 Å². The second-order valence-electron chi connectivity index (χ2n) is 2.34. The maximum absolute atomic E-state index is 11.7. The SMILES string of the molecule is O=C(c1cscn1)c1cscc1Br. The fourth-order valence-electron chi connectivity index (χ4n) is 0.906. The van der Waals surface area contributed by atoms with Gasteiger partial charge in [-0.2, -0.15) is 11.3 Å². The van der Waals surface area contributed by atoms with Crippen molar-refractivity contribution in [1.29, 1.82) is 0 Å². The van der Waals surface area contributed by atoms with E-state index in [2.05, 4.69) is 20.9 Å². The van der Waals surface area contributed by atoms with Crippen LogP contribution in [0.4, 0.5) is 0 Å². The molecule has 2 heterocycles. The van der Waals surface area contributed by atoms with Gasteiger partial charge in [-0.05, 0) is 15.9 Å². The van der Waals surface area contributed by atoms with Crippen molar-refractivity contribution in [2.45, 2.75) is 0 Å². The van der Waals surface area contributed by atoms with Gasteiger partial charge in [-0.3, -0.25) is 4.79 Å². The lowest BCUT2D eigenvalue weighted by Crippen LogP contribution is -1.99. The molecule has 0 aromatic carbocycles. The van der Waals surface area contributed by atoms with E-state index in [0.717, 1.165) is 4.47 Å². The average Bonchev–Trinajstić information content (AvgIpc) is 2.72. The summed E-state index contributed by atoms with van der Waals surface area (Å²) in [5.41, 5.74) is 2.87. The van der Waals surface area contributed by atoms with Gasteiger partial charge in [-0.1, -0.05) is 0 Å². The molecule has 5 heteroatoms. The maximum Gasteiger partial charge on any atom is 0.214 e. The molecule has 0 spiro atoms. The van der Waals surface area contributed by atoms with Crippen LogP contribution in [0.2, 0.25) is 0 Å². The van der Waals surface area contributed by atoms with Crippen molar-refractivity contribution >= 4 is 44.4 Å². The molecule has 2 nitrogen and oxygen atoms in total. The Labute approximate surface area is 91.4 Å². The van der Waals surface area contributed by atoms with Gasteiger partial charge in [0.2, 0.25) is 5.78 Å². The standard InChI is InChI=1S/C8H4BrNOS2/c9-6-2-12-1-5(6)8(11)7-3-13-4-10-7/h1-4H. The highest BCUT2D eigenvalue weighted by Crippen LogP contribution is 2.23. The second-order valence-corrected chi connectivity index (χ2v) is 4.65. The molecular weight excluding hydrogens is 270 g/mol. The second kappa shape index (κ2) is 3.69. The van der Waals surface area contributed by atoms with Crippen LogP contribution >= 0.6 is 38.6 Å². The Morgan fingerprint density at radius 2 is 2.15 bits per heavy atom. The van der Waals surface area contributed by atoms with Crippen LogP contribution in [0.5, 0.6) is 0 Å². The Hall–Kier alpha value is -0.520. The van der Waals surface area contributed by atoms with Crippen molar-refractivity contribution in [2.24, 2.45) is 0 Å². The maximum atomic E-state index is 11.7. The normalized spacial score (nSPS) is 10.2. The molecule has 2 aromatic heterocycles. The number of hydrogen-bond acceptors (Lipinski definition) is 4. The van der Waals surface area contributed by atoms with E-state index in [1.165, 1.54) is 22.7 Å². The van der Waals surface area contributed by atoms with E-state index in [0.29, 0.717) is 11.3 Å². The van der Waals surface area contributed by atoms with Crippen molar-refractivity contribution in [2.75, 3.05) is 0 Å². The van der Waals surface area contributed by atoms with Crippen LogP contribution in [-0.4, -0.2) is 10.8 Å². The quantitative estimate of drug-likeness (QED) is 0.787. The van der Waals surface area contributed by atoms with Gasteiger partial charge in [0.15, 0.2) is 0 Å². The first-order valence-corrected chi connectivity index (χ1v) is 6.11. The third-order valence-electron chi connectivity index (χ3n) is 1.52. The summed E-state index contributed by atoms with van der Waals surface area (Å²) in [6, 6.07) is 0. The van der Waals surface area contributed by atoms with Crippen LogP contribution in [0.1, 0.15) is 16.1 Å². The molecule has 0 aliphatic rings. The summed E-state index contributed by atoms with van der Waals surface area (Å²) < 4.78 is 0.843. The summed E-state index contributed by atoms with van der Waals surface area (Å²) in [4.78, 5) is 15.7. The predicted octanol–water partition coefficient (Wildman–Crippen LogP) is 3.20. The van der Waals surface area contributed by atoms with E-state index in [1.807, 2.05) is 10.8 Å². The summed E-state index contributed by atoms with van der Waals surface area (Å²) >= 11 is 6.24. The number of carbonyl (C=O) groups is 1. The molecular formula is C8H4BrNOS2. The minimum Gasteiger partial charge on any atom is -0.287 e. The van der Waals surface area contributed by atoms with Gasteiger partial charge in [0.1, 0.15) is 5.69 Å². The van der Waals surface area contributed by atoms with E-state index in [9.17, 15) is 4.79 Å². The largest absolute Gasteiger partial charge is 0.287 e. The average molecular weight is 274 g/mol. The number of thiophene rings is 1. The molecule has 0 aliphatic heterocycles. The number of thiazole rings is 1. The first-order chi connectivity index (χ1) is 6.29. The predicted molar refractivity (Wildman–Crippen MR) is 57.6 cm³/mol. The van der Waals surface area contributed by atoms with Gasteiger partial charge in [0.25, 0.3) is 0 Å². The van der Waals surface area contributed by atoms with Crippen molar-refractivity contribution in [3.8, 4) is 0 Å². The van der Waals surface area contributed by atoms with Crippen molar-refractivity contribution in [3.05, 3.63) is 37.4 Å². The van der Waals surface area contributed by atoms with E-state index >= 15 is 0 Å². The Morgan fingerprint density at radius 1 is 1.31 bits per heavy atom. The molecule has 0 N–H and O–H groups in total. The number of nitrogens with zero attached hydrogens (tertiary/aromatic N) is 1. The van der Waals surface area contributed by atoms with Gasteiger partial charge < -0.3 is 0 Å². The fraction of sp³-hybridized carbons (Fsp3) is 0. The zero-order chi connectivity index (χ0) is 9.26. The Balaban J connectivity index is 2.39. The minimum absolute atomic E-state index is 0.0191. The first kappa shape index (κ1) is 9.05. The number of rotatable bonds is 2. The third-order valence-corrected chi connectivity index (χ3v) is 3.81. The van der Waals surface area contributed by atoms with Crippen molar-refractivity contribution < 1.29 is 4.79 Å². The van der Waals surface area contributed by atoms with Crippen LogP contribution < -0.4 is 0 Å². The molecule has 0 unspecified atom stereocenters. The van der Waals surface area contributed by atoms with Crippen LogP contribution in [-0.2, 0) is 0 Å². The molecule has 0 saturated carbocycles. The molecule has 0 saturated heterocycles. The van der Waals surface area contributed by atoms with Gasteiger partial charge in [0.05, 0.1) is 5.51 Å². The lowest BCUT2D eigenvalue weighted by molar-refractivity contribution is 0.103. The van der Waals surface area contributed by atoms with Gasteiger partial charge in [0, 0.05) is 26.2 Å². The minimum atomic E-state index is -0.0191. The van der Waals surface area contributed by atoms with E-state index in [4.69, 9.17) is 0 Å². The van der Waals surface area contributed by atoms with Gasteiger partial charge >= 0.3 is 0 Å². The Morgan fingerprint density at radius 3 is 2.69 bits per heavy atom. The molecule has 2 aromatic rings. The molecule has 66 valence electrons. The first-order valence-electron chi connectivity index (χ1n) is 3.43. The van der Waals surface area contributed by atoms with Crippen LogP contribution in [0, 0.1) is 0 Å². The number of carbonyl (C=O) groups excluding carboxylic acids is 1. The van der Waals surface area contributed by atoms with Crippen LogP contribution in [0.25, 0.3) is 0 Å². The topological polar surface area (TPSA) is 30.0 Å². The number of ketones is 1. The summed E-state index contributed by atoms with van der Waals surface area (Å²) in [5.74, 6) is -0.0191. The van der Waals surface area contributed by atoms with Gasteiger partial charge in [-0.25, -0.2) is 4.98 Å². The highest BCUT2D eigenvalue weighted by atomic mass is 79.9. The number of hydrogen-bond donors (Lipinski definition) is 0. The van der Waals surface area contributed by atoms with Crippen molar-refractivity contribution in [3.63, 3.8) is 0 Å².